The van der Waals surface area contributed by atoms with Crippen molar-refractivity contribution in [2.75, 3.05) is 0 Å². The Hall–Kier alpha value is -2.10. The van der Waals surface area contributed by atoms with Crippen LogP contribution in [0.15, 0.2) is 47.1 Å². The molecule has 0 spiro atoms. The molecule has 0 aromatic heterocycles. The standard InChI is InChI=1S/C37H53NO3/c1-24-15-20-37(32(39)41-23-26-11-9-8-10-12-26)22-21-35(6)27(31(37)25(24)2)13-14-29-34(5)18-17-30(38-40)33(3,4)28(34)16-19-36(29,35)7/h8-13,24-25,28-29,31,40H,14-23H2,1-7H3/b38-30+/t24-,25+,28+,29-,31+,34+,35-,36-,37+/m1/s1. The van der Waals surface area contributed by atoms with E-state index in [4.69, 9.17) is 4.74 Å². The van der Waals surface area contributed by atoms with E-state index in [1.165, 1.54) is 12.8 Å². The van der Waals surface area contributed by atoms with Crippen LogP contribution in [0, 0.1) is 56.7 Å². The number of hydrogen-bond donors (Lipinski definition) is 1. The zero-order valence-corrected chi connectivity index (χ0v) is 26.6. The van der Waals surface area contributed by atoms with E-state index in [0.717, 1.165) is 56.2 Å². The molecule has 4 fully saturated rings. The summed E-state index contributed by atoms with van der Waals surface area (Å²) in [4.78, 5) is 14.2. The van der Waals surface area contributed by atoms with Gasteiger partial charge in [-0.3, -0.25) is 4.79 Å². The van der Waals surface area contributed by atoms with Gasteiger partial charge < -0.3 is 9.94 Å². The fraction of sp³-hybridized carbons (Fsp3) is 0.730. The van der Waals surface area contributed by atoms with Crippen molar-refractivity contribution in [1.29, 1.82) is 0 Å². The van der Waals surface area contributed by atoms with Crippen molar-refractivity contribution in [3.63, 3.8) is 0 Å². The molecule has 0 unspecified atom stereocenters. The highest BCUT2D eigenvalue weighted by Crippen LogP contribution is 2.75. The summed E-state index contributed by atoms with van der Waals surface area (Å²) in [6.07, 6.45) is 12.2. The molecule has 4 nitrogen and oxygen atoms in total. The van der Waals surface area contributed by atoms with Gasteiger partial charge in [-0.05, 0) is 109 Å². The third-order valence-electron chi connectivity index (χ3n) is 14.5. The van der Waals surface area contributed by atoms with Crippen molar-refractivity contribution < 1.29 is 14.7 Å². The topological polar surface area (TPSA) is 58.9 Å². The molecule has 5 aliphatic rings. The molecule has 41 heavy (non-hydrogen) atoms. The summed E-state index contributed by atoms with van der Waals surface area (Å²) >= 11 is 0. The van der Waals surface area contributed by atoms with Crippen molar-refractivity contribution in [3.05, 3.63) is 47.5 Å². The van der Waals surface area contributed by atoms with Crippen LogP contribution in [0.5, 0.6) is 0 Å². The Morgan fingerprint density at radius 2 is 1.68 bits per heavy atom. The van der Waals surface area contributed by atoms with Gasteiger partial charge in [-0.2, -0.15) is 0 Å². The number of oxime groups is 1. The zero-order valence-electron chi connectivity index (χ0n) is 26.6. The summed E-state index contributed by atoms with van der Waals surface area (Å²) in [5, 5.41) is 13.7. The van der Waals surface area contributed by atoms with Gasteiger partial charge in [-0.25, -0.2) is 0 Å². The second-order valence-electron chi connectivity index (χ2n) is 16.1. The Balaban J connectivity index is 1.37. The SMILES string of the molecule is C[C@H]1[C@H](C)CC[C@]2(C(=O)OCc3ccccc3)CC[C@]3(C)C(=CC[C@@H]4[C@@]5(C)CC/C(=N\O)C(C)(C)[C@@H]5CC[C@]43C)[C@H]12. The van der Waals surface area contributed by atoms with E-state index in [1.807, 2.05) is 18.2 Å². The Kier molecular flexibility index (Phi) is 6.87. The number of nitrogens with zero attached hydrogens (tertiary/aromatic N) is 1. The number of rotatable bonds is 3. The summed E-state index contributed by atoms with van der Waals surface area (Å²) in [7, 11) is 0. The molecule has 9 atom stereocenters. The fourth-order valence-electron chi connectivity index (χ4n) is 11.7. The van der Waals surface area contributed by atoms with Crippen LogP contribution >= 0.6 is 0 Å². The molecule has 0 bridgehead atoms. The highest BCUT2D eigenvalue weighted by atomic mass is 16.5. The number of carbonyl (C=O) groups is 1. The van der Waals surface area contributed by atoms with Crippen LogP contribution < -0.4 is 0 Å². The van der Waals surface area contributed by atoms with E-state index < -0.39 is 5.41 Å². The van der Waals surface area contributed by atoms with E-state index in [9.17, 15) is 10.0 Å². The number of benzene rings is 1. The molecule has 0 saturated heterocycles. The molecule has 6 rings (SSSR count). The van der Waals surface area contributed by atoms with Gasteiger partial charge in [-0.1, -0.05) is 95.6 Å². The van der Waals surface area contributed by atoms with Gasteiger partial charge in [-0.15, -0.1) is 0 Å². The highest BCUT2D eigenvalue weighted by molar-refractivity contribution is 5.90. The van der Waals surface area contributed by atoms with E-state index in [2.05, 4.69) is 71.8 Å². The monoisotopic (exact) mass is 559 g/mol. The van der Waals surface area contributed by atoms with Crippen molar-refractivity contribution in [3.8, 4) is 0 Å². The number of allylic oxidation sites excluding steroid dienone is 2. The third kappa shape index (κ3) is 3.90. The van der Waals surface area contributed by atoms with Crippen LogP contribution in [0.25, 0.3) is 0 Å². The van der Waals surface area contributed by atoms with Gasteiger partial charge in [0.1, 0.15) is 6.61 Å². The molecule has 1 aromatic carbocycles. The lowest BCUT2D eigenvalue weighted by Gasteiger charge is -2.71. The Morgan fingerprint density at radius 1 is 0.951 bits per heavy atom. The highest BCUT2D eigenvalue weighted by Gasteiger charge is 2.69. The first-order valence-electron chi connectivity index (χ1n) is 16.5. The van der Waals surface area contributed by atoms with E-state index in [0.29, 0.717) is 30.3 Å². The van der Waals surface area contributed by atoms with Gasteiger partial charge >= 0.3 is 5.97 Å². The second-order valence-corrected chi connectivity index (χ2v) is 16.1. The summed E-state index contributed by atoms with van der Waals surface area (Å²) in [5.74, 6) is 2.48. The van der Waals surface area contributed by atoms with E-state index in [-0.39, 0.29) is 33.5 Å². The molecule has 4 heteroatoms. The minimum atomic E-state index is -0.407. The normalized spacial score (nSPS) is 45.9. The lowest BCUT2D eigenvalue weighted by atomic mass is 9.33. The van der Waals surface area contributed by atoms with Crippen LogP contribution in [-0.4, -0.2) is 16.9 Å². The molecule has 1 aromatic rings. The number of esters is 1. The maximum atomic E-state index is 14.2. The molecular weight excluding hydrogens is 506 g/mol. The summed E-state index contributed by atoms with van der Waals surface area (Å²) in [6.45, 7) is 17.6. The van der Waals surface area contributed by atoms with E-state index >= 15 is 0 Å². The number of fused-ring (bicyclic) bond motifs is 7. The third-order valence-corrected chi connectivity index (χ3v) is 14.5. The summed E-state index contributed by atoms with van der Waals surface area (Å²) in [5.41, 5.74) is 3.64. The molecule has 5 aliphatic carbocycles. The molecular formula is C37H53NO3. The lowest BCUT2D eigenvalue weighted by molar-refractivity contribution is -0.185. The maximum absolute atomic E-state index is 14.2. The van der Waals surface area contributed by atoms with Gasteiger partial charge in [0, 0.05) is 5.41 Å². The summed E-state index contributed by atoms with van der Waals surface area (Å²) < 4.78 is 6.19. The molecule has 4 saturated carbocycles. The lowest BCUT2D eigenvalue weighted by Crippen LogP contribution is -2.65. The first-order chi connectivity index (χ1) is 19.3. The quantitative estimate of drug-likeness (QED) is 0.174. The van der Waals surface area contributed by atoms with Crippen LogP contribution in [-0.2, 0) is 16.1 Å². The smallest absolute Gasteiger partial charge is 0.313 e. The van der Waals surface area contributed by atoms with Crippen molar-refractivity contribution in [2.45, 2.75) is 113 Å². The number of hydrogen-bond acceptors (Lipinski definition) is 4. The predicted octanol–water partition coefficient (Wildman–Crippen LogP) is 9.22. The minimum absolute atomic E-state index is 0.0425. The average molecular weight is 560 g/mol. The Labute approximate surface area is 248 Å². The van der Waals surface area contributed by atoms with E-state index in [1.54, 1.807) is 5.57 Å². The summed E-state index contributed by atoms with van der Waals surface area (Å²) in [6, 6.07) is 10.1. The molecule has 224 valence electrons. The van der Waals surface area contributed by atoms with Crippen molar-refractivity contribution in [1.82, 2.24) is 0 Å². The fourth-order valence-corrected chi connectivity index (χ4v) is 11.7. The maximum Gasteiger partial charge on any atom is 0.313 e. The largest absolute Gasteiger partial charge is 0.460 e. The van der Waals surface area contributed by atoms with Crippen LogP contribution in [0.3, 0.4) is 0 Å². The zero-order chi connectivity index (χ0) is 29.4. The van der Waals surface area contributed by atoms with Gasteiger partial charge in [0.2, 0.25) is 0 Å². The Bertz CT molecular complexity index is 1250. The van der Waals surface area contributed by atoms with Gasteiger partial charge in [0.15, 0.2) is 0 Å². The average Bonchev–Trinajstić information content (AvgIpc) is 2.94. The molecule has 0 radical (unpaired) electrons. The molecule has 1 N–H and O–H groups in total. The van der Waals surface area contributed by atoms with Crippen LogP contribution in [0.2, 0.25) is 0 Å². The van der Waals surface area contributed by atoms with Gasteiger partial charge in [0.05, 0.1) is 11.1 Å². The van der Waals surface area contributed by atoms with Crippen LogP contribution in [0.4, 0.5) is 0 Å². The first kappa shape index (κ1) is 29.0. The number of carbonyl (C=O) groups excluding carboxylic acids is 1. The van der Waals surface area contributed by atoms with Crippen LogP contribution in [0.1, 0.15) is 112 Å². The molecule has 0 heterocycles. The predicted molar refractivity (Wildman–Crippen MR) is 164 cm³/mol. The molecule has 0 amide bonds. The van der Waals surface area contributed by atoms with Crippen molar-refractivity contribution in [2.24, 2.45) is 61.8 Å². The molecule has 0 aliphatic heterocycles. The minimum Gasteiger partial charge on any atom is -0.460 e. The first-order valence-corrected chi connectivity index (χ1v) is 16.5. The Morgan fingerprint density at radius 3 is 2.39 bits per heavy atom. The second kappa shape index (κ2) is 9.71. The number of ether oxygens (including phenoxy) is 1. The van der Waals surface area contributed by atoms with Crippen molar-refractivity contribution >= 4 is 11.7 Å². The van der Waals surface area contributed by atoms with Gasteiger partial charge in [0.25, 0.3) is 0 Å².